The van der Waals surface area contributed by atoms with Gasteiger partial charge >= 0.3 is 0 Å². The molecule has 0 spiro atoms. The third kappa shape index (κ3) is 5.44. The number of piperidine rings is 1. The van der Waals surface area contributed by atoms with E-state index in [0.29, 0.717) is 25.3 Å². The molecule has 3 heterocycles. The maximum absolute atomic E-state index is 14.7. The number of amides is 1. The second-order valence-electron chi connectivity index (χ2n) is 10.1. The normalized spacial score (nSPS) is 22.1. The first kappa shape index (κ1) is 26.2. The lowest BCUT2D eigenvalue weighted by atomic mass is 9.99. The van der Waals surface area contributed by atoms with Gasteiger partial charge in [0.1, 0.15) is 5.82 Å². The lowest BCUT2D eigenvalue weighted by molar-refractivity contribution is 0.0938. The van der Waals surface area contributed by atoms with Crippen molar-refractivity contribution >= 4 is 11.6 Å². The smallest absolute Gasteiger partial charge is 0.266 e. The molecule has 0 bridgehead atoms. The Morgan fingerprint density at radius 2 is 1.92 bits per heavy atom. The molecular formula is C26H33F3N4O3. The van der Waals surface area contributed by atoms with Gasteiger partial charge in [0.05, 0.1) is 35.0 Å². The average Bonchev–Trinajstić information content (AvgIpc) is 3.27. The highest BCUT2D eigenvalue weighted by atomic mass is 19.3. The van der Waals surface area contributed by atoms with Crippen molar-refractivity contribution in [2.75, 3.05) is 38.7 Å². The second kappa shape index (κ2) is 10.6. The number of rotatable bonds is 7. The van der Waals surface area contributed by atoms with E-state index in [1.165, 1.54) is 35.9 Å². The molecule has 1 aromatic heterocycles. The van der Waals surface area contributed by atoms with Crippen molar-refractivity contribution in [3.63, 3.8) is 0 Å². The molecule has 2 atom stereocenters. The Bertz CT molecular complexity index is 1160. The topological polar surface area (TPSA) is 75.6 Å². The molecule has 2 aliphatic rings. The first-order valence-electron chi connectivity index (χ1n) is 12.3. The molecule has 0 aliphatic carbocycles. The van der Waals surface area contributed by atoms with Crippen LogP contribution in [-0.4, -0.2) is 54.8 Å². The van der Waals surface area contributed by atoms with Crippen LogP contribution >= 0.6 is 0 Å². The van der Waals surface area contributed by atoms with E-state index in [2.05, 4.69) is 15.5 Å². The highest BCUT2D eigenvalue weighted by molar-refractivity contribution is 5.99. The van der Waals surface area contributed by atoms with Crippen molar-refractivity contribution in [2.24, 2.45) is 0 Å². The standard InChI is InChI=1S/C26H33F3N4O3/c1-16(18-5-4-6-19(23(18)27)24(28)29)30-25(35)20-14-33(26(2)9-12-36-15-26)22(34)13-21(20)31-17-7-10-32(3)11-8-17/h4-6,13-14,16-17,24,31H,7-12,15H2,1-3H3,(H,30,35)/t16-,26?/m1/s1. The number of nitrogens with zero attached hydrogens (tertiary/aromatic N) is 2. The van der Waals surface area contributed by atoms with Gasteiger partial charge in [-0.3, -0.25) is 9.59 Å². The Morgan fingerprint density at radius 3 is 2.56 bits per heavy atom. The zero-order valence-electron chi connectivity index (χ0n) is 20.8. The van der Waals surface area contributed by atoms with E-state index in [1.807, 2.05) is 14.0 Å². The van der Waals surface area contributed by atoms with Gasteiger partial charge < -0.3 is 24.8 Å². The monoisotopic (exact) mass is 506 g/mol. The minimum absolute atomic E-state index is 0.0320. The van der Waals surface area contributed by atoms with E-state index >= 15 is 0 Å². The number of alkyl halides is 2. The fourth-order valence-corrected chi connectivity index (χ4v) is 4.90. The number of carbonyl (C=O) groups is 1. The van der Waals surface area contributed by atoms with Gasteiger partial charge in [-0.1, -0.05) is 18.2 Å². The van der Waals surface area contributed by atoms with Gasteiger partial charge in [0.25, 0.3) is 17.9 Å². The van der Waals surface area contributed by atoms with Crippen molar-refractivity contribution in [3.05, 3.63) is 63.3 Å². The van der Waals surface area contributed by atoms with E-state index < -0.39 is 35.3 Å². The number of carbonyl (C=O) groups excluding carboxylic acids is 1. The third-order valence-corrected chi connectivity index (χ3v) is 7.26. The van der Waals surface area contributed by atoms with Crippen molar-refractivity contribution in [2.45, 2.75) is 57.2 Å². The number of hydrogen-bond acceptors (Lipinski definition) is 5. The van der Waals surface area contributed by atoms with E-state index in [9.17, 15) is 22.8 Å². The van der Waals surface area contributed by atoms with Crippen molar-refractivity contribution in [3.8, 4) is 0 Å². The minimum Gasteiger partial charge on any atom is -0.381 e. The van der Waals surface area contributed by atoms with Crippen LogP contribution in [-0.2, 0) is 10.3 Å². The highest BCUT2D eigenvalue weighted by Crippen LogP contribution is 2.29. The first-order valence-corrected chi connectivity index (χ1v) is 12.3. The quantitative estimate of drug-likeness (QED) is 0.593. The Hall–Kier alpha value is -2.85. The van der Waals surface area contributed by atoms with Crippen LogP contribution in [0.2, 0.25) is 0 Å². The summed E-state index contributed by atoms with van der Waals surface area (Å²) in [5.74, 6) is -1.57. The summed E-state index contributed by atoms with van der Waals surface area (Å²) >= 11 is 0. The number of pyridine rings is 1. The van der Waals surface area contributed by atoms with Crippen LogP contribution in [0.25, 0.3) is 0 Å². The van der Waals surface area contributed by atoms with Crippen LogP contribution in [0.1, 0.15) is 67.1 Å². The van der Waals surface area contributed by atoms with Crippen molar-refractivity contribution < 1.29 is 22.7 Å². The second-order valence-corrected chi connectivity index (χ2v) is 10.1. The molecule has 196 valence electrons. The summed E-state index contributed by atoms with van der Waals surface area (Å²) in [7, 11) is 2.05. The van der Waals surface area contributed by atoms with Crippen LogP contribution in [0.4, 0.5) is 18.9 Å². The van der Waals surface area contributed by atoms with Gasteiger partial charge in [-0.15, -0.1) is 0 Å². The molecule has 1 amide bonds. The molecule has 2 N–H and O–H groups in total. The zero-order valence-corrected chi connectivity index (χ0v) is 20.8. The summed E-state index contributed by atoms with van der Waals surface area (Å²) in [6, 6.07) is 4.39. The molecule has 1 unspecified atom stereocenters. The fraction of sp³-hybridized carbons (Fsp3) is 0.538. The van der Waals surface area contributed by atoms with Gasteiger partial charge in [-0.05, 0) is 53.2 Å². The van der Waals surface area contributed by atoms with Gasteiger partial charge in [-0.25, -0.2) is 13.2 Å². The molecule has 2 aromatic rings. The molecule has 0 saturated carbocycles. The van der Waals surface area contributed by atoms with Gasteiger partial charge in [0.2, 0.25) is 0 Å². The molecule has 2 fully saturated rings. The maximum atomic E-state index is 14.7. The molecule has 1 aromatic carbocycles. The molecule has 4 rings (SSSR count). The van der Waals surface area contributed by atoms with Crippen LogP contribution in [0.5, 0.6) is 0 Å². The lowest BCUT2D eigenvalue weighted by Crippen LogP contribution is -2.41. The summed E-state index contributed by atoms with van der Waals surface area (Å²) in [4.78, 5) is 28.8. The molecule has 0 radical (unpaired) electrons. The molecule has 7 nitrogen and oxygen atoms in total. The fourth-order valence-electron chi connectivity index (χ4n) is 4.90. The number of benzene rings is 1. The Balaban J connectivity index is 1.66. The SMILES string of the molecule is C[C@@H](NC(=O)c1cn(C2(C)CCOC2)c(=O)cc1NC1CCN(C)CC1)c1cccc(C(F)F)c1F. The average molecular weight is 507 g/mol. The van der Waals surface area contributed by atoms with Crippen LogP contribution in [0.15, 0.2) is 35.3 Å². The third-order valence-electron chi connectivity index (χ3n) is 7.26. The van der Waals surface area contributed by atoms with Gasteiger partial charge in [0, 0.05) is 30.5 Å². The maximum Gasteiger partial charge on any atom is 0.266 e. The number of halogens is 3. The minimum atomic E-state index is -2.96. The summed E-state index contributed by atoms with van der Waals surface area (Å²) in [5.41, 5.74) is -0.949. The summed E-state index contributed by atoms with van der Waals surface area (Å²) in [6.45, 7) is 6.08. The van der Waals surface area contributed by atoms with E-state index in [1.54, 1.807) is 0 Å². The Labute approximate surface area is 208 Å². The number of ether oxygens (including phenoxy) is 1. The van der Waals surface area contributed by atoms with Crippen molar-refractivity contribution in [1.29, 1.82) is 0 Å². The number of aromatic nitrogens is 1. The van der Waals surface area contributed by atoms with Crippen molar-refractivity contribution in [1.82, 2.24) is 14.8 Å². The van der Waals surface area contributed by atoms with E-state index in [-0.39, 0.29) is 22.7 Å². The number of hydrogen-bond donors (Lipinski definition) is 2. The summed E-state index contributed by atoms with van der Waals surface area (Å²) in [5, 5.41) is 6.10. The van der Waals surface area contributed by atoms with Gasteiger partial charge in [0.15, 0.2) is 0 Å². The summed E-state index contributed by atoms with van der Waals surface area (Å²) < 4.78 is 48.1. The van der Waals surface area contributed by atoms with Crippen LogP contribution in [0, 0.1) is 5.82 Å². The number of likely N-dealkylation sites (tertiary alicyclic amines) is 1. The molecule has 2 aliphatic heterocycles. The van der Waals surface area contributed by atoms with Crippen LogP contribution < -0.4 is 16.2 Å². The zero-order chi connectivity index (χ0) is 26.0. The first-order chi connectivity index (χ1) is 17.1. The predicted octanol–water partition coefficient (Wildman–Crippen LogP) is 4.06. The van der Waals surface area contributed by atoms with E-state index in [0.717, 1.165) is 32.0 Å². The van der Waals surface area contributed by atoms with Gasteiger partial charge in [-0.2, -0.15) is 0 Å². The Morgan fingerprint density at radius 1 is 1.22 bits per heavy atom. The number of anilines is 1. The highest BCUT2D eigenvalue weighted by Gasteiger charge is 2.34. The Kier molecular flexibility index (Phi) is 7.75. The predicted molar refractivity (Wildman–Crippen MR) is 131 cm³/mol. The molecule has 2 saturated heterocycles. The van der Waals surface area contributed by atoms with E-state index in [4.69, 9.17) is 4.74 Å². The lowest BCUT2D eigenvalue weighted by Gasteiger charge is -2.31. The van der Waals surface area contributed by atoms with Crippen LogP contribution in [0.3, 0.4) is 0 Å². The molecule has 36 heavy (non-hydrogen) atoms. The molecular weight excluding hydrogens is 473 g/mol. The molecule has 10 heteroatoms. The largest absolute Gasteiger partial charge is 0.381 e. The summed E-state index contributed by atoms with van der Waals surface area (Å²) in [6.07, 6.45) is 0.902. The number of nitrogens with one attached hydrogen (secondary N) is 2.